The molecule has 0 unspecified atom stereocenters. The van der Waals surface area contributed by atoms with Gasteiger partial charge in [-0.15, -0.1) is 0 Å². The second-order valence-corrected chi connectivity index (χ2v) is 4.25. The molecule has 1 aromatic carbocycles. The van der Waals surface area contributed by atoms with Crippen LogP contribution in [0.25, 0.3) is 10.9 Å². The smallest absolute Gasteiger partial charge is 0.224 e. The lowest BCUT2D eigenvalue weighted by molar-refractivity contribution is -0.120. The van der Waals surface area contributed by atoms with Gasteiger partial charge in [-0.2, -0.15) is 0 Å². The van der Waals surface area contributed by atoms with Crippen LogP contribution in [0.5, 0.6) is 5.75 Å². The van der Waals surface area contributed by atoms with Gasteiger partial charge in [-0.1, -0.05) is 6.92 Å². The van der Waals surface area contributed by atoms with Gasteiger partial charge in [-0.3, -0.25) is 4.79 Å². The van der Waals surface area contributed by atoms with Gasteiger partial charge in [0.25, 0.3) is 0 Å². The van der Waals surface area contributed by atoms with Gasteiger partial charge in [-0.05, 0) is 30.2 Å². The number of nitrogens with one attached hydrogen (secondary N) is 2. The topological polar surface area (TPSA) is 54.1 Å². The van der Waals surface area contributed by atoms with Crippen molar-refractivity contribution in [3.8, 4) is 5.75 Å². The summed E-state index contributed by atoms with van der Waals surface area (Å²) in [6.07, 6.45) is 3.23. The van der Waals surface area contributed by atoms with Gasteiger partial charge in [0.1, 0.15) is 5.75 Å². The van der Waals surface area contributed by atoms with Crippen molar-refractivity contribution in [3.05, 3.63) is 30.0 Å². The summed E-state index contributed by atoms with van der Waals surface area (Å²) >= 11 is 0. The molecular formula is C14H18N2O2. The molecule has 0 spiro atoms. The monoisotopic (exact) mass is 246 g/mol. The van der Waals surface area contributed by atoms with Crippen LogP contribution in [0, 0.1) is 0 Å². The van der Waals surface area contributed by atoms with Crippen LogP contribution in [0.3, 0.4) is 0 Å². The number of H-pyrrole nitrogens is 1. The Morgan fingerprint density at radius 1 is 1.44 bits per heavy atom. The zero-order valence-corrected chi connectivity index (χ0v) is 10.7. The third kappa shape index (κ3) is 2.64. The zero-order valence-electron chi connectivity index (χ0n) is 10.7. The highest BCUT2D eigenvalue weighted by Crippen LogP contribution is 2.23. The Balaban J connectivity index is 2.20. The molecule has 0 fully saturated rings. The lowest BCUT2D eigenvalue weighted by atomic mass is 10.1. The molecule has 0 atom stereocenters. The number of benzene rings is 1. The number of aromatic nitrogens is 1. The van der Waals surface area contributed by atoms with E-state index in [-0.39, 0.29) is 5.91 Å². The van der Waals surface area contributed by atoms with Crippen molar-refractivity contribution in [1.82, 2.24) is 10.3 Å². The fourth-order valence-corrected chi connectivity index (χ4v) is 1.93. The number of fused-ring (bicyclic) bond motifs is 1. The second kappa shape index (κ2) is 5.58. The summed E-state index contributed by atoms with van der Waals surface area (Å²) in [4.78, 5) is 14.9. The average Bonchev–Trinajstić information content (AvgIpc) is 2.78. The van der Waals surface area contributed by atoms with Gasteiger partial charge >= 0.3 is 0 Å². The van der Waals surface area contributed by atoms with Crippen molar-refractivity contribution in [2.75, 3.05) is 13.7 Å². The number of hydrogen-bond acceptors (Lipinski definition) is 2. The number of carbonyl (C=O) groups excluding carboxylic acids is 1. The van der Waals surface area contributed by atoms with E-state index in [1.54, 1.807) is 7.11 Å². The average molecular weight is 246 g/mol. The largest absolute Gasteiger partial charge is 0.497 e. The van der Waals surface area contributed by atoms with Crippen LogP contribution in [0.2, 0.25) is 0 Å². The fourth-order valence-electron chi connectivity index (χ4n) is 1.93. The second-order valence-electron chi connectivity index (χ2n) is 4.25. The Kier molecular flexibility index (Phi) is 3.87. The van der Waals surface area contributed by atoms with Crippen molar-refractivity contribution in [3.63, 3.8) is 0 Å². The number of carbonyl (C=O) groups is 1. The number of rotatable bonds is 5. The van der Waals surface area contributed by atoms with Crippen LogP contribution < -0.4 is 10.1 Å². The highest BCUT2D eigenvalue weighted by Gasteiger charge is 2.09. The molecule has 2 aromatic rings. The van der Waals surface area contributed by atoms with Crippen LogP contribution in [0.4, 0.5) is 0 Å². The Bertz CT molecular complexity index is 546. The summed E-state index contributed by atoms with van der Waals surface area (Å²) in [6.45, 7) is 2.77. The molecule has 1 amide bonds. The first kappa shape index (κ1) is 12.5. The number of ether oxygens (including phenoxy) is 1. The quantitative estimate of drug-likeness (QED) is 0.850. The van der Waals surface area contributed by atoms with Gasteiger partial charge in [0, 0.05) is 23.6 Å². The molecule has 4 nitrogen and oxygen atoms in total. The predicted molar refractivity (Wildman–Crippen MR) is 71.9 cm³/mol. The van der Waals surface area contributed by atoms with Gasteiger partial charge in [0.2, 0.25) is 5.91 Å². The molecule has 2 N–H and O–H groups in total. The molecule has 0 saturated carbocycles. The van der Waals surface area contributed by atoms with Gasteiger partial charge in [0.05, 0.1) is 13.5 Å². The molecule has 0 aliphatic carbocycles. The standard InChI is InChI=1S/C14H18N2O2/c1-3-6-15-14(17)7-10-9-16-13-5-4-11(18-2)8-12(10)13/h4-5,8-9,16H,3,6-7H2,1-2H3,(H,15,17). The Morgan fingerprint density at radius 2 is 2.28 bits per heavy atom. The van der Waals surface area contributed by atoms with Crippen molar-refractivity contribution in [2.24, 2.45) is 0 Å². The van der Waals surface area contributed by atoms with Crippen LogP contribution in [0.1, 0.15) is 18.9 Å². The maximum Gasteiger partial charge on any atom is 0.224 e. The molecule has 0 bridgehead atoms. The van der Waals surface area contributed by atoms with E-state index < -0.39 is 0 Å². The van der Waals surface area contributed by atoms with E-state index in [1.807, 2.05) is 31.3 Å². The Morgan fingerprint density at radius 3 is 3.00 bits per heavy atom. The summed E-state index contributed by atoms with van der Waals surface area (Å²) in [7, 11) is 1.64. The van der Waals surface area contributed by atoms with Crippen molar-refractivity contribution in [1.29, 1.82) is 0 Å². The van der Waals surface area contributed by atoms with Crippen LogP contribution in [0.15, 0.2) is 24.4 Å². The van der Waals surface area contributed by atoms with E-state index in [1.165, 1.54) is 0 Å². The first-order chi connectivity index (χ1) is 8.74. The van der Waals surface area contributed by atoms with Crippen LogP contribution >= 0.6 is 0 Å². The minimum absolute atomic E-state index is 0.0561. The van der Waals surface area contributed by atoms with Gasteiger partial charge < -0.3 is 15.0 Å². The molecule has 0 radical (unpaired) electrons. The third-order valence-electron chi connectivity index (χ3n) is 2.90. The Labute approximate surface area is 106 Å². The molecule has 0 saturated heterocycles. The van der Waals surface area contributed by atoms with Crippen molar-refractivity contribution < 1.29 is 9.53 Å². The highest BCUT2D eigenvalue weighted by molar-refractivity contribution is 5.89. The summed E-state index contributed by atoms with van der Waals surface area (Å²) in [5.74, 6) is 0.859. The molecule has 1 aromatic heterocycles. The maximum atomic E-state index is 11.7. The van der Waals surface area contributed by atoms with Crippen molar-refractivity contribution in [2.45, 2.75) is 19.8 Å². The molecule has 0 aliphatic heterocycles. The maximum absolute atomic E-state index is 11.7. The SMILES string of the molecule is CCCNC(=O)Cc1c[nH]c2ccc(OC)cc12. The number of hydrogen-bond donors (Lipinski definition) is 2. The number of amides is 1. The zero-order chi connectivity index (χ0) is 13.0. The molecule has 0 aliphatic rings. The number of aromatic amines is 1. The fraction of sp³-hybridized carbons (Fsp3) is 0.357. The normalized spacial score (nSPS) is 10.6. The van der Waals surface area contributed by atoms with E-state index in [9.17, 15) is 4.79 Å². The van der Waals surface area contributed by atoms with Crippen LogP contribution in [-0.4, -0.2) is 24.5 Å². The first-order valence-electron chi connectivity index (χ1n) is 6.15. The summed E-state index contributed by atoms with van der Waals surface area (Å²) in [5, 5.41) is 3.92. The highest BCUT2D eigenvalue weighted by atomic mass is 16.5. The van der Waals surface area contributed by atoms with E-state index in [2.05, 4.69) is 10.3 Å². The first-order valence-corrected chi connectivity index (χ1v) is 6.15. The summed E-state index contributed by atoms with van der Waals surface area (Å²) in [5.41, 5.74) is 2.02. The van der Waals surface area contributed by atoms with E-state index in [0.717, 1.165) is 35.2 Å². The lowest BCUT2D eigenvalue weighted by Crippen LogP contribution is -2.25. The number of methoxy groups -OCH3 is 1. The molecular weight excluding hydrogens is 228 g/mol. The Hall–Kier alpha value is -1.97. The molecule has 18 heavy (non-hydrogen) atoms. The van der Waals surface area contributed by atoms with E-state index in [0.29, 0.717) is 6.42 Å². The van der Waals surface area contributed by atoms with Crippen LogP contribution in [-0.2, 0) is 11.2 Å². The minimum atomic E-state index is 0.0561. The summed E-state index contributed by atoms with van der Waals surface area (Å²) in [6, 6.07) is 5.82. The molecule has 2 rings (SSSR count). The van der Waals surface area contributed by atoms with E-state index >= 15 is 0 Å². The molecule has 4 heteroatoms. The van der Waals surface area contributed by atoms with Gasteiger partial charge in [0.15, 0.2) is 0 Å². The summed E-state index contributed by atoms with van der Waals surface area (Å²) < 4.78 is 5.20. The molecule has 96 valence electrons. The molecule has 1 heterocycles. The van der Waals surface area contributed by atoms with Crippen molar-refractivity contribution >= 4 is 16.8 Å². The van der Waals surface area contributed by atoms with E-state index in [4.69, 9.17) is 4.74 Å². The van der Waals surface area contributed by atoms with Gasteiger partial charge in [-0.25, -0.2) is 0 Å². The minimum Gasteiger partial charge on any atom is -0.497 e. The predicted octanol–water partition coefficient (Wildman–Crippen LogP) is 2.25. The lowest BCUT2D eigenvalue weighted by Gasteiger charge is -2.03. The third-order valence-corrected chi connectivity index (χ3v) is 2.90.